The molecule has 3 aromatic rings. The Morgan fingerprint density at radius 3 is 2.55 bits per heavy atom. The van der Waals surface area contributed by atoms with Crippen LogP contribution in [0.4, 0.5) is 19.0 Å². The molecule has 2 aromatic heterocycles. The summed E-state index contributed by atoms with van der Waals surface area (Å²) in [4.78, 5) is 12.5. The third-order valence-electron chi connectivity index (χ3n) is 5.44. The molecule has 0 radical (unpaired) electrons. The van der Waals surface area contributed by atoms with E-state index in [4.69, 9.17) is 11.6 Å². The van der Waals surface area contributed by atoms with E-state index in [1.165, 1.54) is 18.2 Å². The molecule has 1 aliphatic carbocycles. The van der Waals surface area contributed by atoms with Crippen molar-refractivity contribution in [2.45, 2.75) is 44.7 Å². The largest absolute Gasteiger partial charge is 0.361 e. The number of rotatable bonds is 5. The van der Waals surface area contributed by atoms with Crippen molar-refractivity contribution in [3.05, 3.63) is 62.9 Å². The topological polar surface area (TPSA) is 59.8 Å². The smallest absolute Gasteiger partial charge is 0.266 e. The summed E-state index contributed by atoms with van der Waals surface area (Å²) >= 11 is 6.12. The minimum atomic E-state index is -2.91. The van der Waals surface area contributed by atoms with Crippen molar-refractivity contribution in [3.63, 3.8) is 0 Å². The quantitative estimate of drug-likeness (QED) is 0.613. The van der Waals surface area contributed by atoms with E-state index in [9.17, 15) is 18.0 Å². The molecular formula is C20H18ClF3N4O. The number of hydrogen-bond acceptors (Lipinski definition) is 4. The van der Waals surface area contributed by atoms with Gasteiger partial charge >= 0.3 is 0 Å². The highest BCUT2D eigenvalue weighted by atomic mass is 35.5. The molecule has 1 aliphatic rings. The molecule has 1 saturated carbocycles. The molecule has 1 aromatic carbocycles. The molecule has 1 atom stereocenters. The maximum absolute atomic E-state index is 14.5. The second-order valence-electron chi connectivity index (χ2n) is 7.56. The molecular weight excluding hydrogens is 405 g/mol. The zero-order chi connectivity index (χ0) is 20.9. The molecule has 0 bridgehead atoms. The van der Waals surface area contributed by atoms with Crippen LogP contribution in [0, 0.1) is 5.82 Å². The molecule has 1 fully saturated rings. The van der Waals surface area contributed by atoms with Crippen molar-refractivity contribution in [1.82, 2.24) is 14.8 Å². The summed E-state index contributed by atoms with van der Waals surface area (Å²) in [6, 6.07) is 4.61. The van der Waals surface area contributed by atoms with Crippen molar-refractivity contribution >= 4 is 28.2 Å². The average molecular weight is 423 g/mol. The van der Waals surface area contributed by atoms with Gasteiger partial charge in [-0.25, -0.2) is 13.2 Å². The minimum Gasteiger partial charge on any atom is -0.361 e. The summed E-state index contributed by atoms with van der Waals surface area (Å²) in [7, 11) is 0. The Morgan fingerprint density at radius 1 is 1.21 bits per heavy atom. The van der Waals surface area contributed by atoms with Gasteiger partial charge in [-0.05, 0) is 26.7 Å². The molecule has 29 heavy (non-hydrogen) atoms. The highest BCUT2D eigenvalue weighted by Gasteiger charge is 2.40. The number of hydrogen-bond donors (Lipinski definition) is 1. The number of aromatic nitrogens is 3. The molecule has 152 valence electrons. The Bertz CT molecular complexity index is 1160. The minimum absolute atomic E-state index is 0.0780. The molecule has 0 spiro atoms. The maximum atomic E-state index is 14.5. The Morgan fingerprint density at radius 2 is 1.90 bits per heavy atom. The van der Waals surface area contributed by atoms with Crippen molar-refractivity contribution in [2.24, 2.45) is 0 Å². The van der Waals surface area contributed by atoms with Crippen LogP contribution in [-0.2, 0) is 5.54 Å². The SMILES string of the molecule is C[C@@H](Nc1nnc(Cl)c2cc(=O)n(C3(C)CC3)cc12)c1cccc(C(F)F)c1F. The van der Waals surface area contributed by atoms with Crippen molar-refractivity contribution in [1.29, 1.82) is 0 Å². The highest BCUT2D eigenvalue weighted by Crippen LogP contribution is 2.42. The first kappa shape index (κ1) is 19.7. The summed E-state index contributed by atoms with van der Waals surface area (Å²) in [5.74, 6) is -0.673. The highest BCUT2D eigenvalue weighted by molar-refractivity contribution is 6.34. The van der Waals surface area contributed by atoms with Gasteiger partial charge in [0, 0.05) is 34.1 Å². The van der Waals surface area contributed by atoms with Crippen LogP contribution in [0.5, 0.6) is 0 Å². The van der Waals surface area contributed by atoms with Crippen LogP contribution in [0.15, 0.2) is 35.3 Å². The van der Waals surface area contributed by atoms with Crippen LogP contribution in [0.1, 0.15) is 50.3 Å². The first-order chi connectivity index (χ1) is 13.7. The van der Waals surface area contributed by atoms with Gasteiger partial charge in [0.2, 0.25) is 0 Å². The third-order valence-corrected chi connectivity index (χ3v) is 5.72. The lowest BCUT2D eigenvalue weighted by atomic mass is 10.0. The van der Waals surface area contributed by atoms with Gasteiger partial charge in [0.1, 0.15) is 5.82 Å². The predicted octanol–water partition coefficient (Wildman–Crippen LogP) is 5.20. The molecule has 0 amide bonds. The summed E-state index contributed by atoms with van der Waals surface area (Å²) in [5.41, 5.74) is -1.02. The number of anilines is 1. The van der Waals surface area contributed by atoms with E-state index in [2.05, 4.69) is 15.5 Å². The number of benzene rings is 1. The van der Waals surface area contributed by atoms with Gasteiger partial charge in [0.15, 0.2) is 11.0 Å². The monoisotopic (exact) mass is 422 g/mol. The Balaban J connectivity index is 1.78. The number of nitrogens with zero attached hydrogens (tertiary/aromatic N) is 3. The molecule has 5 nitrogen and oxygen atoms in total. The van der Waals surface area contributed by atoms with Crippen LogP contribution in [0.2, 0.25) is 5.15 Å². The van der Waals surface area contributed by atoms with Crippen LogP contribution < -0.4 is 10.9 Å². The second kappa shape index (κ2) is 7.02. The Hall–Kier alpha value is -2.61. The maximum Gasteiger partial charge on any atom is 0.266 e. The lowest BCUT2D eigenvalue weighted by Crippen LogP contribution is -2.27. The fourth-order valence-electron chi connectivity index (χ4n) is 3.40. The lowest BCUT2D eigenvalue weighted by molar-refractivity contribution is 0.146. The van der Waals surface area contributed by atoms with Gasteiger partial charge in [-0.1, -0.05) is 29.8 Å². The van der Waals surface area contributed by atoms with Gasteiger partial charge in [-0.15, -0.1) is 10.2 Å². The molecule has 4 rings (SSSR count). The number of fused-ring (bicyclic) bond motifs is 1. The zero-order valence-corrected chi connectivity index (χ0v) is 16.5. The summed E-state index contributed by atoms with van der Waals surface area (Å²) in [6.45, 7) is 3.62. The van der Waals surface area contributed by atoms with Gasteiger partial charge < -0.3 is 9.88 Å². The van der Waals surface area contributed by atoms with Crippen molar-refractivity contribution in [3.8, 4) is 0 Å². The number of halogens is 4. The summed E-state index contributed by atoms with van der Waals surface area (Å²) < 4.78 is 42.2. The van der Waals surface area contributed by atoms with Crippen LogP contribution >= 0.6 is 11.6 Å². The molecule has 0 aliphatic heterocycles. The van der Waals surface area contributed by atoms with Crippen LogP contribution in [0.3, 0.4) is 0 Å². The van der Waals surface area contributed by atoms with E-state index in [1.807, 2.05) is 6.92 Å². The molecule has 0 saturated heterocycles. The van der Waals surface area contributed by atoms with E-state index in [0.717, 1.165) is 18.9 Å². The first-order valence-corrected chi connectivity index (χ1v) is 9.51. The van der Waals surface area contributed by atoms with Crippen molar-refractivity contribution < 1.29 is 13.2 Å². The van der Waals surface area contributed by atoms with E-state index in [1.54, 1.807) is 17.7 Å². The van der Waals surface area contributed by atoms with Crippen molar-refractivity contribution in [2.75, 3.05) is 5.32 Å². The number of pyridine rings is 1. The summed E-state index contributed by atoms with van der Waals surface area (Å²) in [6.07, 6.45) is 0.531. The molecule has 9 heteroatoms. The number of alkyl halides is 2. The van der Waals surface area contributed by atoms with Gasteiger partial charge in [0.05, 0.1) is 11.6 Å². The standard InChI is InChI=1S/C20H18ClF3N4O/c1-10(11-4-3-5-12(16(11)22)18(23)24)25-19-14-9-28(20(2)6-7-20)15(29)8-13(14)17(21)26-27-19/h3-5,8-10,18H,6-7H2,1-2H3,(H,25,27)/t10-/m1/s1. The average Bonchev–Trinajstić information content (AvgIpc) is 3.42. The molecule has 0 unspecified atom stereocenters. The van der Waals surface area contributed by atoms with Crippen LogP contribution in [0.25, 0.3) is 10.8 Å². The third kappa shape index (κ3) is 3.46. The fraction of sp³-hybridized carbons (Fsp3) is 0.350. The van der Waals surface area contributed by atoms with E-state index in [0.29, 0.717) is 10.8 Å². The zero-order valence-electron chi connectivity index (χ0n) is 15.7. The van der Waals surface area contributed by atoms with Gasteiger partial charge in [0.25, 0.3) is 12.0 Å². The normalized spacial score (nSPS) is 16.2. The number of nitrogens with one attached hydrogen (secondary N) is 1. The Labute approximate surface area is 169 Å². The van der Waals surface area contributed by atoms with E-state index < -0.39 is 23.8 Å². The predicted molar refractivity (Wildman–Crippen MR) is 105 cm³/mol. The molecule has 2 heterocycles. The first-order valence-electron chi connectivity index (χ1n) is 9.13. The van der Waals surface area contributed by atoms with Gasteiger partial charge in [-0.2, -0.15) is 0 Å². The second-order valence-corrected chi connectivity index (χ2v) is 7.92. The summed E-state index contributed by atoms with van der Waals surface area (Å²) in [5, 5.41) is 12.0. The Kier molecular flexibility index (Phi) is 4.77. The van der Waals surface area contributed by atoms with Crippen LogP contribution in [-0.4, -0.2) is 14.8 Å². The van der Waals surface area contributed by atoms with E-state index >= 15 is 0 Å². The fourth-order valence-corrected chi connectivity index (χ4v) is 3.59. The lowest BCUT2D eigenvalue weighted by Gasteiger charge is -2.19. The van der Waals surface area contributed by atoms with E-state index in [-0.39, 0.29) is 27.6 Å². The molecule has 1 N–H and O–H groups in total. The van der Waals surface area contributed by atoms with Gasteiger partial charge in [-0.3, -0.25) is 4.79 Å².